The van der Waals surface area contributed by atoms with Crippen molar-refractivity contribution in [2.75, 3.05) is 6.61 Å². The molecule has 134 valence electrons. The number of hydrogen-bond acceptors (Lipinski definition) is 5. The summed E-state index contributed by atoms with van der Waals surface area (Å²) in [5.41, 5.74) is 1.86. The van der Waals surface area contributed by atoms with Crippen LogP contribution in [-0.4, -0.2) is 35.5 Å². The van der Waals surface area contributed by atoms with Crippen LogP contribution >= 0.6 is 0 Å². The van der Waals surface area contributed by atoms with E-state index >= 15 is 0 Å². The van der Waals surface area contributed by atoms with E-state index in [2.05, 4.69) is 0 Å². The summed E-state index contributed by atoms with van der Waals surface area (Å²) in [6.45, 7) is 0.236. The maximum absolute atomic E-state index is 12.1. The number of amides is 2. The van der Waals surface area contributed by atoms with Crippen molar-refractivity contribution < 1.29 is 23.9 Å². The van der Waals surface area contributed by atoms with E-state index < -0.39 is 24.0 Å². The normalized spacial score (nSPS) is 15.9. The minimum atomic E-state index is -0.907. The summed E-state index contributed by atoms with van der Waals surface area (Å²) < 4.78 is 10.3. The number of benzene rings is 2. The monoisotopic (exact) mass is 353 g/mol. The van der Waals surface area contributed by atoms with Crippen molar-refractivity contribution in [2.24, 2.45) is 0 Å². The number of esters is 1. The summed E-state index contributed by atoms with van der Waals surface area (Å²) in [6.07, 6.45) is -0.307. The molecule has 0 bridgehead atoms. The first kappa shape index (κ1) is 17.7. The van der Waals surface area contributed by atoms with Gasteiger partial charge in [0.15, 0.2) is 0 Å². The van der Waals surface area contributed by atoms with E-state index in [9.17, 15) is 14.4 Å². The third-order valence-electron chi connectivity index (χ3n) is 4.10. The Kier molecular flexibility index (Phi) is 5.63. The number of imide groups is 1. The number of rotatable bonds is 6. The van der Waals surface area contributed by atoms with Crippen LogP contribution in [-0.2, 0) is 32.1 Å². The molecule has 0 aliphatic carbocycles. The molecule has 1 atom stereocenters. The van der Waals surface area contributed by atoms with Gasteiger partial charge in [0, 0.05) is 6.42 Å². The lowest BCUT2D eigenvalue weighted by molar-refractivity contribution is -0.164. The lowest BCUT2D eigenvalue weighted by Crippen LogP contribution is -2.59. The van der Waals surface area contributed by atoms with Crippen molar-refractivity contribution in [1.29, 1.82) is 0 Å². The SMILES string of the molecule is O=C(OCc1ccccc1)C1CC(=O)N1C(=O)OCCc1ccccc1. The average Bonchev–Trinajstić information content (AvgIpc) is 2.65. The second kappa shape index (κ2) is 8.29. The van der Waals surface area contributed by atoms with Gasteiger partial charge in [0.05, 0.1) is 13.0 Å². The van der Waals surface area contributed by atoms with E-state index in [1.54, 1.807) is 0 Å². The van der Waals surface area contributed by atoms with Gasteiger partial charge in [-0.05, 0) is 11.1 Å². The van der Waals surface area contributed by atoms with E-state index in [1.165, 1.54) is 0 Å². The molecule has 0 saturated carbocycles. The van der Waals surface area contributed by atoms with Gasteiger partial charge in [-0.2, -0.15) is 0 Å². The molecule has 0 aromatic heterocycles. The largest absolute Gasteiger partial charge is 0.459 e. The first-order valence-electron chi connectivity index (χ1n) is 8.38. The lowest BCUT2D eigenvalue weighted by atomic mass is 10.0. The Morgan fingerprint density at radius 1 is 0.923 bits per heavy atom. The first-order valence-corrected chi connectivity index (χ1v) is 8.38. The molecule has 0 spiro atoms. The molecule has 1 heterocycles. The molecule has 1 aliphatic rings. The van der Waals surface area contributed by atoms with E-state index in [0.29, 0.717) is 6.42 Å². The Balaban J connectivity index is 1.47. The van der Waals surface area contributed by atoms with Gasteiger partial charge in [0.1, 0.15) is 12.6 Å². The molecule has 1 unspecified atom stereocenters. The Hall–Kier alpha value is -3.15. The van der Waals surface area contributed by atoms with Crippen molar-refractivity contribution >= 4 is 18.0 Å². The number of ether oxygens (including phenoxy) is 2. The highest BCUT2D eigenvalue weighted by molar-refractivity contribution is 6.04. The molecule has 2 aromatic carbocycles. The topological polar surface area (TPSA) is 72.9 Å². The van der Waals surface area contributed by atoms with Crippen molar-refractivity contribution in [3.8, 4) is 0 Å². The maximum atomic E-state index is 12.1. The Morgan fingerprint density at radius 2 is 1.54 bits per heavy atom. The van der Waals surface area contributed by atoms with Crippen LogP contribution in [0, 0.1) is 0 Å². The summed E-state index contributed by atoms with van der Waals surface area (Å²) in [7, 11) is 0. The van der Waals surface area contributed by atoms with Gasteiger partial charge in [-0.25, -0.2) is 14.5 Å². The summed E-state index contributed by atoms with van der Waals surface area (Å²) in [4.78, 5) is 36.8. The zero-order chi connectivity index (χ0) is 18.4. The molecule has 2 amide bonds. The van der Waals surface area contributed by atoms with E-state index in [4.69, 9.17) is 9.47 Å². The van der Waals surface area contributed by atoms with Crippen molar-refractivity contribution in [3.63, 3.8) is 0 Å². The lowest BCUT2D eigenvalue weighted by Gasteiger charge is -2.35. The standard InChI is InChI=1S/C20H19NO5/c22-18-13-17(19(23)26-14-16-9-5-2-6-10-16)21(18)20(24)25-12-11-15-7-3-1-4-8-15/h1-10,17H,11-14H2. The fourth-order valence-electron chi connectivity index (χ4n) is 2.63. The van der Waals surface area contributed by atoms with Crippen molar-refractivity contribution in [2.45, 2.75) is 25.5 Å². The Morgan fingerprint density at radius 3 is 2.15 bits per heavy atom. The molecule has 1 aliphatic heterocycles. The summed E-state index contributed by atoms with van der Waals surface area (Å²) in [5, 5.41) is 0. The molecule has 0 radical (unpaired) electrons. The quantitative estimate of drug-likeness (QED) is 0.590. The number of carbonyl (C=O) groups excluding carboxylic acids is 3. The zero-order valence-electron chi connectivity index (χ0n) is 14.2. The van der Waals surface area contributed by atoms with Gasteiger partial charge in [-0.15, -0.1) is 0 Å². The summed E-state index contributed by atoms with van der Waals surface area (Å²) in [5.74, 6) is -1.04. The predicted molar refractivity (Wildman–Crippen MR) is 93.0 cm³/mol. The highest BCUT2D eigenvalue weighted by Crippen LogP contribution is 2.22. The molecule has 3 rings (SSSR count). The van der Waals surface area contributed by atoms with Crippen LogP contribution in [0.3, 0.4) is 0 Å². The molecule has 1 saturated heterocycles. The van der Waals surface area contributed by atoms with Gasteiger partial charge in [0.2, 0.25) is 5.91 Å². The molecule has 0 N–H and O–H groups in total. The highest BCUT2D eigenvalue weighted by atomic mass is 16.6. The first-order chi connectivity index (χ1) is 12.6. The highest BCUT2D eigenvalue weighted by Gasteiger charge is 2.47. The number of nitrogens with zero attached hydrogens (tertiary/aromatic N) is 1. The van der Waals surface area contributed by atoms with Crippen molar-refractivity contribution in [1.82, 2.24) is 4.90 Å². The van der Waals surface area contributed by atoms with Crippen molar-refractivity contribution in [3.05, 3.63) is 71.8 Å². The minimum Gasteiger partial charge on any atom is -0.459 e. The fraction of sp³-hybridized carbons (Fsp3) is 0.250. The fourth-order valence-corrected chi connectivity index (χ4v) is 2.63. The maximum Gasteiger partial charge on any atom is 0.417 e. The van der Waals surface area contributed by atoms with Gasteiger partial charge in [-0.3, -0.25) is 4.79 Å². The molecular weight excluding hydrogens is 334 g/mol. The average molecular weight is 353 g/mol. The summed E-state index contributed by atoms with van der Waals surface area (Å²) >= 11 is 0. The van der Waals surface area contributed by atoms with E-state index in [-0.39, 0.29) is 19.6 Å². The third-order valence-corrected chi connectivity index (χ3v) is 4.10. The van der Waals surface area contributed by atoms with Gasteiger partial charge in [-0.1, -0.05) is 60.7 Å². The van der Waals surface area contributed by atoms with Gasteiger partial charge in [0.25, 0.3) is 0 Å². The number of β-lactam (4-membered cyclic amide) rings is 1. The number of likely N-dealkylation sites (tertiary alicyclic amines) is 1. The molecule has 2 aromatic rings. The van der Waals surface area contributed by atoms with Crippen LogP contribution in [0.25, 0.3) is 0 Å². The van der Waals surface area contributed by atoms with E-state index in [0.717, 1.165) is 16.0 Å². The third kappa shape index (κ3) is 4.27. The van der Waals surface area contributed by atoms with Crippen LogP contribution in [0.4, 0.5) is 4.79 Å². The predicted octanol–water partition coefficient (Wildman–Crippen LogP) is 2.71. The van der Waals surface area contributed by atoms with Gasteiger partial charge < -0.3 is 9.47 Å². The number of hydrogen-bond donors (Lipinski definition) is 0. The zero-order valence-corrected chi connectivity index (χ0v) is 14.2. The van der Waals surface area contributed by atoms with Crippen LogP contribution in [0.1, 0.15) is 17.5 Å². The van der Waals surface area contributed by atoms with Crippen LogP contribution in [0.5, 0.6) is 0 Å². The molecule has 6 heteroatoms. The Labute approximate surface area is 151 Å². The number of carbonyl (C=O) groups is 3. The Bertz CT molecular complexity index is 775. The summed E-state index contributed by atoms with van der Waals surface area (Å²) in [6, 6.07) is 17.8. The van der Waals surface area contributed by atoms with Gasteiger partial charge >= 0.3 is 12.1 Å². The van der Waals surface area contributed by atoms with E-state index in [1.807, 2.05) is 60.7 Å². The van der Waals surface area contributed by atoms with Crippen LogP contribution in [0.15, 0.2) is 60.7 Å². The second-order valence-corrected chi connectivity index (χ2v) is 5.93. The molecule has 6 nitrogen and oxygen atoms in total. The smallest absolute Gasteiger partial charge is 0.417 e. The molecular formula is C20H19NO5. The molecule has 1 fully saturated rings. The molecule has 26 heavy (non-hydrogen) atoms. The van der Waals surface area contributed by atoms with Crippen LogP contribution < -0.4 is 0 Å². The van der Waals surface area contributed by atoms with Crippen LogP contribution in [0.2, 0.25) is 0 Å². The minimum absolute atomic E-state index is 0.0403. The second-order valence-electron chi connectivity index (χ2n) is 5.93.